The first kappa shape index (κ1) is 12.4. The van der Waals surface area contributed by atoms with Crippen molar-refractivity contribution in [3.05, 3.63) is 23.0 Å². The van der Waals surface area contributed by atoms with Gasteiger partial charge in [-0.2, -0.15) is 16.4 Å². The predicted molar refractivity (Wildman–Crippen MR) is 56.0 cm³/mol. The molecule has 1 heterocycles. The topological polar surface area (TPSA) is 54.0 Å². The van der Waals surface area contributed by atoms with Gasteiger partial charge in [0.1, 0.15) is 10.6 Å². The Morgan fingerprint density at radius 1 is 1.60 bits per heavy atom. The number of nitrogens with one attached hydrogen (secondary N) is 1. The highest BCUT2D eigenvalue weighted by Gasteiger charge is 2.37. The zero-order chi connectivity index (χ0) is 11.6. The van der Waals surface area contributed by atoms with E-state index in [0.29, 0.717) is 4.57 Å². The van der Waals surface area contributed by atoms with E-state index in [1.165, 1.54) is 22.9 Å². The Bertz CT molecular complexity index is 452. The zero-order valence-electron chi connectivity index (χ0n) is 6.89. The smallest absolute Gasteiger partial charge is 0.283 e. The van der Waals surface area contributed by atoms with E-state index >= 15 is 0 Å². The lowest BCUT2D eigenvalue weighted by Gasteiger charge is -2.11. The van der Waals surface area contributed by atoms with Crippen molar-refractivity contribution in [1.82, 2.24) is 9.55 Å². The predicted octanol–water partition coefficient (Wildman–Crippen LogP) is 2.17. The molecule has 0 amide bonds. The van der Waals surface area contributed by atoms with E-state index in [-0.39, 0.29) is 5.15 Å². The highest BCUT2D eigenvalue weighted by Crippen LogP contribution is 2.19. The molecule has 0 aliphatic rings. The number of halogens is 5. The van der Waals surface area contributed by atoms with E-state index in [1.54, 1.807) is 0 Å². The van der Waals surface area contributed by atoms with Crippen molar-refractivity contribution < 1.29 is 13.2 Å². The summed E-state index contributed by atoms with van der Waals surface area (Å²) in [5.41, 5.74) is -0.452. The van der Waals surface area contributed by atoms with Gasteiger partial charge in [-0.25, -0.2) is 4.98 Å². The van der Waals surface area contributed by atoms with Crippen LogP contribution in [-0.2, 0) is 0 Å². The van der Waals surface area contributed by atoms with Gasteiger partial charge < -0.3 is 0 Å². The Morgan fingerprint density at radius 2 is 2.20 bits per heavy atom. The van der Waals surface area contributed by atoms with Gasteiger partial charge in [0, 0.05) is 6.20 Å². The van der Waals surface area contributed by atoms with Crippen molar-refractivity contribution in [2.45, 2.75) is 6.18 Å². The highest BCUT2D eigenvalue weighted by atomic mass is 127. The minimum atomic E-state index is -4.65. The lowest BCUT2D eigenvalue weighted by Crippen LogP contribution is -2.37. The second-order valence-electron chi connectivity index (χ2n) is 2.37. The average molecular weight is 350 g/mol. The Hall–Kier alpha value is -0.640. The van der Waals surface area contributed by atoms with E-state index < -0.39 is 17.5 Å². The number of hydrogen-bond acceptors (Lipinski definition) is 3. The first-order valence-electron chi connectivity index (χ1n) is 3.41. The van der Waals surface area contributed by atoms with Crippen LogP contribution in [0.5, 0.6) is 0 Å². The molecule has 4 nitrogen and oxygen atoms in total. The maximum Gasteiger partial charge on any atom is 0.450 e. The van der Waals surface area contributed by atoms with Crippen LogP contribution in [0.25, 0.3) is 0 Å². The van der Waals surface area contributed by atoms with Crippen LogP contribution in [0.3, 0.4) is 0 Å². The van der Waals surface area contributed by atoms with Gasteiger partial charge in [-0.05, 0) is 0 Å². The molecule has 0 unspecified atom stereocenters. The molecule has 1 aromatic heterocycles. The Labute approximate surface area is 101 Å². The van der Waals surface area contributed by atoms with Crippen LogP contribution in [0.4, 0.5) is 13.2 Å². The molecular weight excluding hydrogens is 347 g/mol. The van der Waals surface area contributed by atoms with Gasteiger partial charge in [0.15, 0.2) is 0 Å². The normalized spacial score (nSPS) is 13.0. The maximum atomic E-state index is 12.4. The molecule has 0 bridgehead atoms. The maximum absolute atomic E-state index is 12.4. The Kier molecular flexibility index (Phi) is 3.71. The summed E-state index contributed by atoms with van der Waals surface area (Å²) in [6.45, 7) is 0. The summed E-state index contributed by atoms with van der Waals surface area (Å²) in [4.78, 5) is 3.47. The van der Waals surface area contributed by atoms with Crippen molar-refractivity contribution >= 4 is 40.3 Å². The summed E-state index contributed by atoms with van der Waals surface area (Å²) in [7, 11) is 0. The van der Waals surface area contributed by atoms with E-state index in [1.807, 2.05) is 0 Å². The molecular formula is C6H3ClF3IN4. The second kappa shape index (κ2) is 4.47. The van der Waals surface area contributed by atoms with Crippen LogP contribution < -0.4 is 5.49 Å². The van der Waals surface area contributed by atoms with Crippen LogP contribution in [0.1, 0.15) is 0 Å². The Balaban J connectivity index is 3.38. The zero-order valence-corrected chi connectivity index (χ0v) is 9.80. The lowest BCUT2D eigenvalue weighted by atomic mass is 10.5. The third-order valence-corrected chi connectivity index (χ3v) is 2.02. The molecule has 0 aliphatic heterocycles. The monoisotopic (exact) mass is 350 g/mol. The molecule has 0 saturated heterocycles. The molecule has 0 atom stereocenters. The van der Waals surface area contributed by atoms with Crippen LogP contribution in [0, 0.1) is 5.41 Å². The van der Waals surface area contributed by atoms with E-state index in [4.69, 9.17) is 17.0 Å². The van der Waals surface area contributed by atoms with Gasteiger partial charge in [-0.15, -0.1) is 0 Å². The van der Waals surface area contributed by atoms with Crippen molar-refractivity contribution in [3.63, 3.8) is 0 Å². The molecule has 0 saturated carbocycles. The summed E-state index contributed by atoms with van der Waals surface area (Å²) in [5, 5.41) is 7.09. The summed E-state index contributed by atoms with van der Waals surface area (Å²) in [5.74, 6) is -1.22. The highest BCUT2D eigenvalue weighted by molar-refractivity contribution is 14.1. The number of aromatic nitrogens is 2. The van der Waals surface area contributed by atoms with Gasteiger partial charge in [0.05, 0.1) is 29.1 Å². The fourth-order valence-electron chi connectivity index (χ4n) is 0.795. The van der Waals surface area contributed by atoms with E-state index in [0.717, 1.165) is 12.4 Å². The lowest BCUT2D eigenvalue weighted by molar-refractivity contribution is -0.0614. The van der Waals surface area contributed by atoms with E-state index in [9.17, 15) is 13.2 Å². The minimum absolute atomic E-state index is 0.146. The number of hydrogen-bond donors (Lipinski definition) is 1. The van der Waals surface area contributed by atoms with Crippen LogP contribution in [0.2, 0.25) is 5.15 Å². The molecule has 1 N–H and O–H groups in total. The third kappa shape index (κ3) is 2.91. The second-order valence-corrected chi connectivity index (χ2v) is 3.24. The Morgan fingerprint density at radius 3 is 2.67 bits per heavy atom. The van der Waals surface area contributed by atoms with Crippen molar-refractivity contribution in [2.24, 2.45) is 3.21 Å². The van der Waals surface area contributed by atoms with Crippen molar-refractivity contribution in [2.75, 3.05) is 0 Å². The van der Waals surface area contributed by atoms with Gasteiger partial charge in [0.2, 0.25) is 5.84 Å². The standard InChI is InChI=1S/C6H3ClF3IN4/c7-3-2-15(4(12)1-13-3)5(14-11)6(8,9)10/h1-2,12H. The van der Waals surface area contributed by atoms with Crippen molar-refractivity contribution in [1.29, 1.82) is 5.41 Å². The molecule has 1 rings (SSSR count). The average Bonchev–Trinajstić information content (AvgIpc) is 2.10. The number of rotatable bonds is 0. The first-order chi connectivity index (χ1) is 6.86. The molecule has 1 aromatic rings. The van der Waals surface area contributed by atoms with Crippen molar-refractivity contribution in [3.8, 4) is 0 Å². The van der Waals surface area contributed by atoms with Gasteiger partial charge in [-0.1, -0.05) is 11.6 Å². The van der Waals surface area contributed by atoms with Crippen LogP contribution >= 0.6 is 34.5 Å². The largest absolute Gasteiger partial charge is 0.450 e. The third-order valence-electron chi connectivity index (χ3n) is 1.37. The van der Waals surface area contributed by atoms with Crippen LogP contribution in [0.15, 0.2) is 15.6 Å². The molecule has 82 valence electrons. The fourth-order valence-corrected chi connectivity index (χ4v) is 1.45. The molecule has 0 aliphatic carbocycles. The van der Waals surface area contributed by atoms with Gasteiger partial charge in [-0.3, -0.25) is 9.98 Å². The number of alkyl halides is 3. The van der Waals surface area contributed by atoms with E-state index in [2.05, 4.69) is 8.19 Å². The fraction of sp³-hybridized carbons (Fsp3) is 0.167. The SMILES string of the molecule is N=c1cnc(Cl)cn1C(=NI)C(F)(F)F. The summed E-state index contributed by atoms with van der Waals surface area (Å²) >= 11 is 6.63. The molecule has 0 fully saturated rings. The summed E-state index contributed by atoms with van der Waals surface area (Å²) < 4.78 is 40.8. The van der Waals surface area contributed by atoms with Crippen LogP contribution in [-0.4, -0.2) is 21.6 Å². The minimum Gasteiger partial charge on any atom is -0.283 e. The number of nitrogens with zero attached hydrogens (tertiary/aromatic N) is 3. The molecule has 9 heteroatoms. The molecule has 0 spiro atoms. The quantitative estimate of drug-likeness (QED) is 0.435. The summed E-state index contributed by atoms with van der Waals surface area (Å²) in [6.07, 6.45) is -2.85. The molecule has 0 aromatic carbocycles. The molecule has 15 heavy (non-hydrogen) atoms. The molecule has 0 radical (unpaired) electrons. The summed E-state index contributed by atoms with van der Waals surface area (Å²) in [6, 6.07) is 0. The van der Waals surface area contributed by atoms with Gasteiger partial charge in [0.25, 0.3) is 0 Å². The van der Waals surface area contributed by atoms with Gasteiger partial charge >= 0.3 is 6.18 Å². The first-order valence-corrected chi connectivity index (χ1v) is 4.76.